The first-order valence-electron chi connectivity index (χ1n) is 9.00. The minimum Gasteiger partial charge on any atom is -0.465 e. The largest absolute Gasteiger partial charge is 0.465 e. The molecule has 4 rings (SSSR count). The van der Waals surface area contributed by atoms with Gasteiger partial charge in [-0.1, -0.05) is 35.9 Å². The van der Waals surface area contributed by atoms with Gasteiger partial charge in [0.25, 0.3) is 10.0 Å². The number of esters is 1. The smallest absolute Gasteiger partial charge is 0.313 e. The highest BCUT2D eigenvalue weighted by atomic mass is 35.5. The van der Waals surface area contributed by atoms with Crippen molar-refractivity contribution in [2.75, 3.05) is 11.3 Å². The van der Waals surface area contributed by atoms with Crippen molar-refractivity contribution in [2.45, 2.75) is 24.2 Å². The van der Waals surface area contributed by atoms with Gasteiger partial charge in [-0.3, -0.25) is 9.52 Å². The lowest BCUT2D eigenvalue weighted by Crippen LogP contribution is -2.31. The monoisotopic (exact) mass is 417 g/mol. The van der Waals surface area contributed by atoms with Crippen LogP contribution in [0.4, 0.5) is 5.69 Å². The minimum absolute atomic E-state index is 0.140. The third kappa shape index (κ3) is 3.42. The molecule has 0 spiro atoms. The SMILES string of the molecule is C=C1CC2COC(=O)C2(Cc2ccc(NS(=O)(=O)c3ccc(Cl)cc3)cc2)C1. The minimum atomic E-state index is -3.69. The van der Waals surface area contributed by atoms with Crippen LogP contribution in [0.2, 0.25) is 5.02 Å². The number of ether oxygens (including phenoxy) is 1. The Bertz CT molecular complexity index is 1030. The van der Waals surface area contributed by atoms with E-state index < -0.39 is 15.4 Å². The van der Waals surface area contributed by atoms with Gasteiger partial charge in [-0.25, -0.2) is 8.42 Å². The highest BCUT2D eigenvalue weighted by molar-refractivity contribution is 7.92. The summed E-state index contributed by atoms with van der Waals surface area (Å²) >= 11 is 5.81. The number of cyclic esters (lactones) is 1. The first-order valence-corrected chi connectivity index (χ1v) is 10.9. The van der Waals surface area contributed by atoms with E-state index in [-0.39, 0.29) is 16.8 Å². The van der Waals surface area contributed by atoms with Crippen molar-refractivity contribution in [3.8, 4) is 0 Å². The Morgan fingerprint density at radius 2 is 1.82 bits per heavy atom. The van der Waals surface area contributed by atoms with Crippen LogP contribution in [0.3, 0.4) is 0 Å². The number of nitrogens with one attached hydrogen (secondary N) is 1. The Morgan fingerprint density at radius 1 is 1.14 bits per heavy atom. The van der Waals surface area contributed by atoms with Gasteiger partial charge in [0.2, 0.25) is 0 Å². The molecule has 2 fully saturated rings. The quantitative estimate of drug-likeness (QED) is 0.584. The fraction of sp³-hybridized carbons (Fsp3) is 0.286. The van der Waals surface area contributed by atoms with Gasteiger partial charge in [-0.05, 0) is 61.2 Å². The van der Waals surface area contributed by atoms with Crippen LogP contribution < -0.4 is 4.72 Å². The molecule has 1 N–H and O–H groups in total. The molecule has 0 amide bonds. The average Bonchev–Trinajstić information content (AvgIpc) is 3.11. The van der Waals surface area contributed by atoms with Crippen LogP contribution in [0, 0.1) is 11.3 Å². The van der Waals surface area contributed by atoms with E-state index in [1.165, 1.54) is 24.3 Å². The van der Waals surface area contributed by atoms with E-state index in [0.717, 1.165) is 17.6 Å². The van der Waals surface area contributed by atoms with Crippen molar-refractivity contribution in [3.05, 3.63) is 71.3 Å². The van der Waals surface area contributed by atoms with Gasteiger partial charge >= 0.3 is 5.97 Å². The van der Waals surface area contributed by atoms with Gasteiger partial charge in [-0.15, -0.1) is 0 Å². The average molecular weight is 418 g/mol. The topological polar surface area (TPSA) is 72.5 Å². The van der Waals surface area contributed by atoms with Crippen LogP contribution in [0.1, 0.15) is 18.4 Å². The van der Waals surface area contributed by atoms with Crippen molar-refractivity contribution >= 4 is 33.3 Å². The number of carbonyl (C=O) groups excluding carboxylic acids is 1. The van der Waals surface area contributed by atoms with E-state index in [9.17, 15) is 13.2 Å². The van der Waals surface area contributed by atoms with Gasteiger partial charge in [0.1, 0.15) is 0 Å². The first kappa shape index (κ1) is 19.0. The Hall–Kier alpha value is -2.31. The third-order valence-corrected chi connectivity index (χ3v) is 7.20. The fourth-order valence-electron chi connectivity index (χ4n) is 4.15. The Morgan fingerprint density at radius 3 is 2.50 bits per heavy atom. The molecule has 1 saturated carbocycles. The van der Waals surface area contributed by atoms with Crippen LogP contribution in [0.5, 0.6) is 0 Å². The molecule has 1 heterocycles. The van der Waals surface area contributed by atoms with Crippen molar-refractivity contribution in [1.29, 1.82) is 0 Å². The molecule has 1 saturated heterocycles. The summed E-state index contributed by atoms with van der Waals surface area (Å²) in [6.07, 6.45) is 2.05. The summed E-state index contributed by atoms with van der Waals surface area (Å²) in [7, 11) is -3.69. The van der Waals surface area contributed by atoms with Crippen molar-refractivity contribution in [1.82, 2.24) is 0 Å². The number of benzene rings is 2. The zero-order chi connectivity index (χ0) is 19.9. The second kappa shape index (κ2) is 6.94. The number of allylic oxidation sites excluding steroid dienone is 1. The molecule has 7 heteroatoms. The number of hydrogen-bond acceptors (Lipinski definition) is 4. The van der Waals surface area contributed by atoms with Gasteiger partial charge in [-0.2, -0.15) is 0 Å². The summed E-state index contributed by atoms with van der Waals surface area (Å²) in [4.78, 5) is 12.5. The summed E-state index contributed by atoms with van der Waals surface area (Å²) in [6.45, 7) is 4.51. The van der Waals surface area contributed by atoms with Crippen molar-refractivity contribution < 1.29 is 17.9 Å². The number of rotatable bonds is 5. The number of carbonyl (C=O) groups is 1. The molecule has 28 heavy (non-hydrogen) atoms. The predicted octanol–water partition coefficient (Wildman–Crippen LogP) is 4.19. The van der Waals surface area contributed by atoms with Crippen LogP contribution in [-0.2, 0) is 26.0 Å². The van der Waals surface area contributed by atoms with E-state index in [4.69, 9.17) is 16.3 Å². The standard InChI is InChI=1S/C21H20ClNO4S/c1-14-10-16-13-27-20(24)21(16,11-14)12-15-2-6-18(7-3-15)23-28(25,26)19-8-4-17(22)5-9-19/h2-9,16,23H,1,10-13H2. The summed E-state index contributed by atoms with van der Waals surface area (Å²) in [6, 6.07) is 13.1. The molecule has 2 atom stereocenters. The lowest BCUT2D eigenvalue weighted by molar-refractivity contribution is -0.146. The normalized spacial score (nSPS) is 24.1. The maximum atomic E-state index is 12.5. The highest BCUT2D eigenvalue weighted by Gasteiger charge is 2.55. The molecule has 2 aliphatic rings. The Labute approximate surface area is 169 Å². The number of anilines is 1. The third-order valence-electron chi connectivity index (χ3n) is 5.55. The molecule has 2 aromatic carbocycles. The predicted molar refractivity (Wildman–Crippen MR) is 108 cm³/mol. The molecule has 5 nitrogen and oxygen atoms in total. The second-order valence-corrected chi connectivity index (χ2v) is 9.63. The molecule has 1 aliphatic carbocycles. The maximum absolute atomic E-state index is 12.5. The van der Waals surface area contributed by atoms with Crippen LogP contribution in [0.25, 0.3) is 0 Å². The van der Waals surface area contributed by atoms with Gasteiger partial charge in [0.15, 0.2) is 0 Å². The Kier molecular flexibility index (Phi) is 4.71. The molecular weight excluding hydrogens is 398 g/mol. The highest BCUT2D eigenvalue weighted by Crippen LogP contribution is 2.52. The molecule has 0 radical (unpaired) electrons. The lowest BCUT2D eigenvalue weighted by atomic mass is 9.75. The zero-order valence-corrected chi connectivity index (χ0v) is 16.7. The molecule has 1 aliphatic heterocycles. The number of hydrogen-bond donors (Lipinski definition) is 1. The van der Waals surface area contributed by atoms with Crippen LogP contribution in [0.15, 0.2) is 65.6 Å². The maximum Gasteiger partial charge on any atom is 0.313 e. The summed E-state index contributed by atoms with van der Waals surface area (Å²) < 4.78 is 32.8. The summed E-state index contributed by atoms with van der Waals surface area (Å²) in [5.41, 5.74) is 1.99. The summed E-state index contributed by atoms with van der Waals surface area (Å²) in [5, 5.41) is 0.473. The summed E-state index contributed by atoms with van der Waals surface area (Å²) in [5.74, 6) is 0.0271. The van der Waals surface area contributed by atoms with Crippen molar-refractivity contribution in [3.63, 3.8) is 0 Å². The van der Waals surface area contributed by atoms with E-state index in [1.807, 2.05) is 12.1 Å². The second-order valence-electron chi connectivity index (χ2n) is 7.52. The zero-order valence-electron chi connectivity index (χ0n) is 15.2. The van der Waals surface area contributed by atoms with E-state index in [1.54, 1.807) is 12.1 Å². The van der Waals surface area contributed by atoms with Crippen LogP contribution >= 0.6 is 11.6 Å². The fourth-order valence-corrected chi connectivity index (χ4v) is 5.33. The van der Waals surface area contributed by atoms with E-state index in [2.05, 4.69) is 11.3 Å². The molecule has 0 bridgehead atoms. The first-order chi connectivity index (χ1) is 13.3. The molecular formula is C21H20ClNO4S. The van der Waals surface area contributed by atoms with Gasteiger partial charge in [0.05, 0.1) is 16.9 Å². The number of fused-ring (bicyclic) bond motifs is 1. The van der Waals surface area contributed by atoms with Crippen molar-refractivity contribution in [2.24, 2.45) is 11.3 Å². The molecule has 0 aromatic heterocycles. The van der Waals surface area contributed by atoms with Gasteiger partial charge < -0.3 is 4.74 Å². The number of sulfonamides is 1. The Balaban J connectivity index is 1.51. The molecule has 2 unspecified atom stereocenters. The number of halogens is 1. The van der Waals surface area contributed by atoms with Gasteiger partial charge in [0, 0.05) is 16.6 Å². The molecule has 2 aromatic rings. The van der Waals surface area contributed by atoms with Crippen LogP contribution in [-0.4, -0.2) is 21.0 Å². The molecule has 146 valence electrons. The van der Waals surface area contributed by atoms with E-state index >= 15 is 0 Å². The van der Waals surface area contributed by atoms with E-state index in [0.29, 0.717) is 30.2 Å². The lowest BCUT2D eigenvalue weighted by Gasteiger charge is -2.24.